The van der Waals surface area contributed by atoms with Crippen LogP contribution < -0.4 is 4.90 Å². The molecule has 0 saturated carbocycles. The van der Waals surface area contributed by atoms with E-state index in [1.165, 1.54) is 0 Å². The molecule has 0 spiro atoms. The van der Waals surface area contributed by atoms with Crippen LogP contribution >= 0.6 is 11.6 Å². The van der Waals surface area contributed by atoms with Crippen molar-refractivity contribution in [3.05, 3.63) is 29.3 Å². The highest BCUT2D eigenvalue weighted by atomic mass is 35.5. The van der Waals surface area contributed by atoms with Gasteiger partial charge in [-0.25, -0.2) is 0 Å². The smallest absolute Gasteiger partial charge is 0.303 e. The number of carboxylic acid groups (broad SMARTS) is 1. The van der Waals surface area contributed by atoms with Gasteiger partial charge in [0.25, 0.3) is 0 Å². The van der Waals surface area contributed by atoms with Gasteiger partial charge in [-0.05, 0) is 24.6 Å². The lowest BCUT2D eigenvalue weighted by Crippen LogP contribution is -2.19. The Morgan fingerprint density at radius 1 is 1.53 bits per heavy atom. The van der Waals surface area contributed by atoms with Crippen molar-refractivity contribution < 1.29 is 9.90 Å². The molecule has 0 aliphatic carbocycles. The number of anilines is 1. The Kier molecular flexibility index (Phi) is 4.43. The van der Waals surface area contributed by atoms with E-state index in [9.17, 15) is 4.79 Å². The number of rotatable bonds is 5. The summed E-state index contributed by atoms with van der Waals surface area (Å²) in [7, 11) is 1.92. The quantitative estimate of drug-likeness (QED) is 0.841. The minimum Gasteiger partial charge on any atom is -0.481 e. The van der Waals surface area contributed by atoms with Crippen molar-refractivity contribution >= 4 is 23.3 Å². The molecule has 4 heteroatoms. The number of halogens is 1. The van der Waals surface area contributed by atoms with Crippen molar-refractivity contribution in [3.8, 4) is 0 Å². The van der Waals surface area contributed by atoms with Crippen molar-refractivity contribution in [1.82, 2.24) is 0 Å². The van der Waals surface area contributed by atoms with Crippen LogP contribution in [0.15, 0.2) is 24.3 Å². The van der Waals surface area contributed by atoms with Gasteiger partial charge in [0.2, 0.25) is 0 Å². The topological polar surface area (TPSA) is 40.5 Å². The standard InChI is InChI=1S/C11H14ClNO2/c1-13(7-3-6-11(14)15)10-5-2-4-9(12)8-10/h2,4-5,8H,3,6-7H2,1H3,(H,14,15). The number of aliphatic carboxylic acids is 1. The second kappa shape index (κ2) is 5.61. The van der Waals surface area contributed by atoms with Crippen LogP contribution in [0.25, 0.3) is 0 Å². The molecule has 82 valence electrons. The van der Waals surface area contributed by atoms with Crippen molar-refractivity contribution in [2.24, 2.45) is 0 Å². The zero-order valence-corrected chi connectivity index (χ0v) is 9.37. The molecule has 0 fully saturated rings. The van der Waals surface area contributed by atoms with Gasteiger partial charge in [0, 0.05) is 30.7 Å². The van der Waals surface area contributed by atoms with Crippen LogP contribution in [0.4, 0.5) is 5.69 Å². The van der Waals surface area contributed by atoms with Gasteiger partial charge < -0.3 is 10.0 Å². The summed E-state index contributed by atoms with van der Waals surface area (Å²) in [6, 6.07) is 7.51. The van der Waals surface area contributed by atoms with E-state index in [1.54, 1.807) is 0 Å². The van der Waals surface area contributed by atoms with Gasteiger partial charge in [-0.3, -0.25) is 4.79 Å². The van der Waals surface area contributed by atoms with Crippen LogP contribution in [-0.2, 0) is 4.79 Å². The summed E-state index contributed by atoms with van der Waals surface area (Å²) in [6.45, 7) is 0.715. The van der Waals surface area contributed by atoms with E-state index in [2.05, 4.69) is 0 Å². The molecular weight excluding hydrogens is 214 g/mol. The normalized spacial score (nSPS) is 10.0. The maximum Gasteiger partial charge on any atom is 0.303 e. The monoisotopic (exact) mass is 227 g/mol. The van der Waals surface area contributed by atoms with Crippen LogP contribution in [0.1, 0.15) is 12.8 Å². The number of benzene rings is 1. The summed E-state index contributed by atoms with van der Waals surface area (Å²) in [5.74, 6) is -0.755. The Morgan fingerprint density at radius 2 is 2.27 bits per heavy atom. The molecule has 0 amide bonds. The van der Waals surface area contributed by atoms with Gasteiger partial charge in [-0.15, -0.1) is 0 Å². The van der Waals surface area contributed by atoms with E-state index in [4.69, 9.17) is 16.7 Å². The van der Waals surface area contributed by atoms with E-state index in [-0.39, 0.29) is 6.42 Å². The first-order valence-electron chi connectivity index (χ1n) is 4.78. The Balaban J connectivity index is 2.46. The van der Waals surface area contributed by atoms with E-state index < -0.39 is 5.97 Å². The molecule has 15 heavy (non-hydrogen) atoms. The lowest BCUT2D eigenvalue weighted by Gasteiger charge is -2.18. The van der Waals surface area contributed by atoms with Crippen molar-refractivity contribution in [2.75, 3.05) is 18.5 Å². The van der Waals surface area contributed by atoms with E-state index in [0.717, 1.165) is 5.69 Å². The largest absolute Gasteiger partial charge is 0.481 e. The van der Waals surface area contributed by atoms with E-state index in [0.29, 0.717) is 18.0 Å². The Hall–Kier alpha value is -1.22. The highest BCUT2D eigenvalue weighted by molar-refractivity contribution is 6.30. The molecule has 1 aromatic rings. The second-order valence-corrected chi connectivity index (χ2v) is 3.84. The maximum absolute atomic E-state index is 10.3. The third kappa shape index (κ3) is 4.21. The predicted octanol–water partition coefficient (Wildman–Crippen LogP) is 2.64. The van der Waals surface area contributed by atoms with E-state index in [1.807, 2.05) is 36.2 Å². The number of nitrogens with zero attached hydrogens (tertiary/aromatic N) is 1. The summed E-state index contributed by atoms with van der Waals surface area (Å²) >= 11 is 5.85. The minimum absolute atomic E-state index is 0.199. The molecular formula is C11H14ClNO2. The second-order valence-electron chi connectivity index (χ2n) is 3.40. The summed E-state index contributed by atoms with van der Waals surface area (Å²) in [4.78, 5) is 12.3. The first kappa shape index (κ1) is 11.9. The van der Waals surface area contributed by atoms with Crippen LogP contribution in [0.2, 0.25) is 5.02 Å². The van der Waals surface area contributed by atoms with E-state index >= 15 is 0 Å². The van der Waals surface area contributed by atoms with Crippen LogP contribution in [0.3, 0.4) is 0 Å². The molecule has 1 aromatic carbocycles. The molecule has 1 N–H and O–H groups in total. The molecule has 0 bridgehead atoms. The highest BCUT2D eigenvalue weighted by Crippen LogP contribution is 2.18. The number of carbonyl (C=O) groups is 1. The Bertz CT molecular complexity index is 341. The lowest BCUT2D eigenvalue weighted by molar-refractivity contribution is -0.137. The van der Waals surface area contributed by atoms with Gasteiger partial charge in [-0.2, -0.15) is 0 Å². The fourth-order valence-corrected chi connectivity index (χ4v) is 1.49. The summed E-state index contributed by atoms with van der Waals surface area (Å²) in [5, 5.41) is 9.19. The molecule has 0 unspecified atom stereocenters. The third-order valence-corrected chi connectivity index (χ3v) is 2.37. The molecule has 0 saturated heterocycles. The average molecular weight is 228 g/mol. The molecule has 3 nitrogen and oxygen atoms in total. The van der Waals surface area contributed by atoms with Crippen LogP contribution in [0, 0.1) is 0 Å². The van der Waals surface area contributed by atoms with Gasteiger partial charge in [0.15, 0.2) is 0 Å². The fourth-order valence-electron chi connectivity index (χ4n) is 1.31. The summed E-state index contributed by atoms with van der Waals surface area (Å²) in [5.41, 5.74) is 1.01. The third-order valence-electron chi connectivity index (χ3n) is 2.13. The summed E-state index contributed by atoms with van der Waals surface area (Å²) in [6.07, 6.45) is 0.837. The van der Waals surface area contributed by atoms with Gasteiger partial charge in [0.05, 0.1) is 0 Å². The number of hydrogen-bond donors (Lipinski definition) is 1. The predicted molar refractivity (Wildman–Crippen MR) is 61.6 cm³/mol. The molecule has 0 aliphatic rings. The first-order chi connectivity index (χ1) is 7.09. The molecule has 0 aliphatic heterocycles. The van der Waals surface area contributed by atoms with Gasteiger partial charge >= 0.3 is 5.97 Å². The first-order valence-corrected chi connectivity index (χ1v) is 5.16. The Labute approximate surface area is 94.3 Å². The van der Waals surface area contributed by atoms with Crippen LogP contribution in [-0.4, -0.2) is 24.7 Å². The van der Waals surface area contributed by atoms with Crippen molar-refractivity contribution in [1.29, 1.82) is 0 Å². The van der Waals surface area contributed by atoms with Crippen LogP contribution in [0.5, 0.6) is 0 Å². The SMILES string of the molecule is CN(CCCC(=O)O)c1cccc(Cl)c1. The van der Waals surface area contributed by atoms with Gasteiger partial charge in [0.1, 0.15) is 0 Å². The molecule has 0 radical (unpaired) electrons. The minimum atomic E-state index is -0.755. The highest BCUT2D eigenvalue weighted by Gasteiger charge is 2.02. The number of carboxylic acids is 1. The zero-order chi connectivity index (χ0) is 11.3. The van der Waals surface area contributed by atoms with Crippen molar-refractivity contribution in [2.45, 2.75) is 12.8 Å². The average Bonchev–Trinajstić information content (AvgIpc) is 2.17. The number of hydrogen-bond acceptors (Lipinski definition) is 2. The summed E-state index contributed by atoms with van der Waals surface area (Å²) < 4.78 is 0. The fraction of sp³-hybridized carbons (Fsp3) is 0.364. The molecule has 0 aromatic heterocycles. The lowest BCUT2D eigenvalue weighted by atomic mass is 10.2. The Morgan fingerprint density at radius 3 is 2.87 bits per heavy atom. The molecule has 0 heterocycles. The maximum atomic E-state index is 10.3. The molecule has 0 atom stereocenters. The van der Waals surface area contributed by atoms with Gasteiger partial charge in [-0.1, -0.05) is 17.7 Å². The van der Waals surface area contributed by atoms with Crippen molar-refractivity contribution in [3.63, 3.8) is 0 Å². The molecule has 1 rings (SSSR count). The zero-order valence-electron chi connectivity index (χ0n) is 8.61.